The molecule has 2 nitrogen and oxygen atoms in total. The first-order chi connectivity index (χ1) is 8.11. The SMILES string of the molecule is CSc1ccc(-c2cc(C)oc(=O)c2Br)cc1. The van der Waals surface area contributed by atoms with E-state index >= 15 is 0 Å². The van der Waals surface area contributed by atoms with Crippen LogP contribution in [0.15, 0.2) is 48.9 Å². The van der Waals surface area contributed by atoms with Crippen LogP contribution in [0.5, 0.6) is 0 Å². The minimum Gasteiger partial charge on any atom is -0.427 e. The molecule has 0 fully saturated rings. The molecule has 2 aromatic rings. The summed E-state index contributed by atoms with van der Waals surface area (Å²) in [6, 6.07) is 9.95. The van der Waals surface area contributed by atoms with Crippen LogP contribution in [0.2, 0.25) is 0 Å². The second-order valence-corrected chi connectivity index (χ2v) is 5.27. The van der Waals surface area contributed by atoms with Crippen molar-refractivity contribution in [3.8, 4) is 11.1 Å². The zero-order valence-corrected chi connectivity index (χ0v) is 11.9. The van der Waals surface area contributed by atoms with Gasteiger partial charge in [0, 0.05) is 10.5 Å². The molecule has 1 heterocycles. The lowest BCUT2D eigenvalue weighted by Crippen LogP contribution is -2.02. The molecule has 0 unspecified atom stereocenters. The van der Waals surface area contributed by atoms with Gasteiger partial charge in [0.25, 0.3) is 0 Å². The number of benzene rings is 1. The minimum atomic E-state index is -0.339. The van der Waals surface area contributed by atoms with Crippen molar-refractivity contribution < 1.29 is 4.42 Å². The van der Waals surface area contributed by atoms with Gasteiger partial charge < -0.3 is 4.42 Å². The normalized spacial score (nSPS) is 10.5. The summed E-state index contributed by atoms with van der Waals surface area (Å²) in [5.41, 5.74) is 1.53. The van der Waals surface area contributed by atoms with E-state index < -0.39 is 0 Å². The molecule has 0 aliphatic heterocycles. The van der Waals surface area contributed by atoms with E-state index in [-0.39, 0.29) is 5.63 Å². The summed E-state index contributed by atoms with van der Waals surface area (Å²) >= 11 is 4.97. The van der Waals surface area contributed by atoms with Crippen LogP contribution in [0, 0.1) is 6.92 Å². The van der Waals surface area contributed by atoms with Crippen molar-refractivity contribution in [1.29, 1.82) is 0 Å². The Morgan fingerprint density at radius 2 is 1.88 bits per heavy atom. The van der Waals surface area contributed by atoms with Crippen LogP contribution in [0.1, 0.15) is 5.76 Å². The summed E-state index contributed by atoms with van der Waals surface area (Å²) in [7, 11) is 0. The fourth-order valence-electron chi connectivity index (χ4n) is 1.58. The number of thioether (sulfide) groups is 1. The van der Waals surface area contributed by atoms with E-state index in [1.165, 1.54) is 4.90 Å². The van der Waals surface area contributed by atoms with Crippen molar-refractivity contribution in [3.05, 3.63) is 51.0 Å². The van der Waals surface area contributed by atoms with Crippen LogP contribution in [0.3, 0.4) is 0 Å². The number of aryl methyl sites for hydroxylation is 1. The van der Waals surface area contributed by atoms with Crippen LogP contribution in [-0.4, -0.2) is 6.26 Å². The topological polar surface area (TPSA) is 30.2 Å². The highest BCUT2D eigenvalue weighted by molar-refractivity contribution is 9.10. The molecule has 0 aliphatic rings. The van der Waals surface area contributed by atoms with Gasteiger partial charge in [-0.3, -0.25) is 0 Å². The Bertz CT molecular complexity index is 587. The van der Waals surface area contributed by atoms with Crippen molar-refractivity contribution in [1.82, 2.24) is 0 Å². The van der Waals surface area contributed by atoms with E-state index in [2.05, 4.69) is 15.9 Å². The molecular formula is C13H11BrO2S. The second-order valence-electron chi connectivity index (χ2n) is 3.60. The Kier molecular flexibility index (Phi) is 3.74. The van der Waals surface area contributed by atoms with Crippen LogP contribution in [0.4, 0.5) is 0 Å². The second kappa shape index (κ2) is 5.10. The molecule has 0 radical (unpaired) electrons. The Balaban J connectivity index is 2.56. The quantitative estimate of drug-likeness (QED) is 0.782. The zero-order chi connectivity index (χ0) is 12.4. The first-order valence-corrected chi connectivity index (χ1v) is 7.08. The van der Waals surface area contributed by atoms with Gasteiger partial charge in [0.15, 0.2) is 0 Å². The highest BCUT2D eigenvalue weighted by Gasteiger charge is 2.09. The predicted molar refractivity (Wildman–Crippen MR) is 74.6 cm³/mol. The van der Waals surface area contributed by atoms with Crippen molar-refractivity contribution in [2.24, 2.45) is 0 Å². The van der Waals surface area contributed by atoms with Crippen LogP contribution in [-0.2, 0) is 0 Å². The van der Waals surface area contributed by atoms with Crippen LogP contribution < -0.4 is 5.63 Å². The first kappa shape index (κ1) is 12.5. The highest BCUT2D eigenvalue weighted by atomic mass is 79.9. The maximum Gasteiger partial charge on any atom is 0.350 e. The maximum atomic E-state index is 11.5. The molecule has 4 heteroatoms. The van der Waals surface area contributed by atoms with E-state index in [1.807, 2.05) is 36.6 Å². The Morgan fingerprint density at radius 3 is 2.47 bits per heavy atom. The molecule has 1 aromatic heterocycles. The Hall–Kier alpha value is -1.00. The molecule has 0 atom stereocenters. The van der Waals surface area contributed by atoms with Crippen LogP contribution >= 0.6 is 27.7 Å². The Morgan fingerprint density at radius 1 is 1.24 bits per heavy atom. The number of hydrogen-bond donors (Lipinski definition) is 0. The van der Waals surface area contributed by atoms with Gasteiger partial charge in [-0.25, -0.2) is 4.79 Å². The number of rotatable bonds is 2. The third-order valence-corrected chi connectivity index (χ3v) is 3.91. The number of hydrogen-bond acceptors (Lipinski definition) is 3. The third-order valence-electron chi connectivity index (χ3n) is 2.42. The molecular weight excluding hydrogens is 300 g/mol. The summed E-state index contributed by atoms with van der Waals surface area (Å²) in [6.45, 7) is 1.77. The molecule has 0 aliphatic carbocycles. The molecule has 17 heavy (non-hydrogen) atoms. The average molecular weight is 311 g/mol. The third kappa shape index (κ3) is 2.64. The van der Waals surface area contributed by atoms with Crippen molar-refractivity contribution in [3.63, 3.8) is 0 Å². The van der Waals surface area contributed by atoms with E-state index in [4.69, 9.17) is 4.42 Å². The summed E-state index contributed by atoms with van der Waals surface area (Å²) in [4.78, 5) is 12.7. The Labute approximate surface area is 112 Å². The smallest absolute Gasteiger partial charge is 0.350 e. The van der Waals surface area contributed by atoms with E-state index in [9.17, 15) is 4.79 Å². The van der Waals surface area contributed by atoms with E-state index in [1.54, 1.807) is 18.7 Å². The fourth-order valence-corrected chi connectivity index (χ4v) is 2.41. The van der Waals surface area contributed by atoms with Gasteiger partial charge in [-0.05, 0) is 52.9 Å². The van der Waals surface area contributed by atoms with Crippen molar-refractivity contribution in [2.75, 3.05) is 6.26 Å². The van der Waals surface area contributed by atoms with E-state index in [0.717, 1.165) is 11.1 Å². The van der Waals surface area contributed by atoms with E-state index in [0.29, 0.717) is 10.2 Å². The first-order valence-electron chi connectivity index (χ1n) is 5.06. The van der Waals surface area contributed by atoms with Gasteiger partial charge in [-0.1, -0.05) is 12.1 Å². The van der Waals surface area contributed by atoms with Crippen molar-refractivity contribution in [2.45, 2.75) is 11.8 Å². The van der Waals surface area contributed by atoms with Gasteiger partial charge >= 0.3 is 5.63 Å². The highest BCUT2D eigenvalue weighted by Crippen LogP contribution is 2.28. The molecule has 0 saturated carbocycles. The summed E-state index contributed by atoms with van der Waals surface area (Å²) in [5.74, 6) is 0.613. The van der Waals surface area contributed by atoms with Gasteiger partial charge in [0.1, 0.15) is 10.2 Å². The molecule has 88 valence electrons. The maximum absolute atomic E-state index is 11.5. The molecule has 0 amide bonds. The lowest BCUT2D eigenvalue weighted by atomic mass is 10.1. The molecule has 0 spiro atoms. The van der Waals surface area contributed by atoms with Gasteiger partial charge in [0.05, 0.1) is 0 Å². The van der Waals surface area contributed by atoms with Gasteiger partial charge in [-0.2, -0.15) is 0 Å². The molecule has 0 saturated heterocycles. The van der Waals surface area contributed by atoms with Crippen molar-refractivity contribution >= 4 is 27.7 Å². The minimum absolute atomic E-state index is 0.339. The number of halogens is 1. The van der Waals surface area contributed by atoms with Gasteiger partial charge in [-0.15, -0.1) is 11.8 Å². The monoisotopic (exact) mass is 310 g/mol. The largest absolute Gasteiger partial charge is 0.427 e. The standard InChI is InChI=1S/C13H11BrO2S/c1-8-7-11(12(14)13(15)16-8)9-3-5-10(17-2)6-4-9/h3-7H,1-2H3. The molecule has 1 aromatic carbocycles. The summed E-state index contributed by atoms with van der Waals surface area (Å²) in [5, 5.41) is 0. The lowest BCUT2D eigenvalue weighted by Gasteiger charge is -2.05. The molecule has 0 bridgehead atoms. The van der Waals surface area contributed by atoms with Gasteiger partial charge in [0.2, 0.25) is 0 Å². The summed E-state index contributed by atoms with van der Waals surface area (Å²) < 4.78 is 5.48. The lowest BCUT2D eigenvalue weighted by molar-refractivity contribution is 0.477. The predicted octanol–water partition coefficient (Wildman–Crippen LogP) is 4.10. The average Bonchev–Trinajstić information content (AvgIpc) is 2.34. The fraction of sp³-hybridized carbons (Fsp3) is 0.154. The molecule has 0 N–H and O–H groups in total. The zero-order valence-electron chi connectivity index (χ0n) is 9.49. The molecule has 2 rings (SSSR count). The van der Waals surface area contributed by atoms with Crippen LogP contribution in [0.25, 0.3) is 11.1 Å². The summed E-state index contributed by atoms with van der Waals surface area (Å²) in [6.07, 6.45) is 2.03.